The van der Waals surface area contributed by atoms with Gasteiger partial charge in [0.1, 0.15) is 0 Å². The molecule has 0 bridgehead atoms. The van der Waals surface area contributed by atoms with Gasteiger partial charge in [0.25, 0.3) is 0 Å². The van der Waals surface area contributed by atoms with Gasteiger partial charge in [0, 0.05) is 10.7 Å². The lowest BCUT2D eigenvalue weighted by Crippen LogP contribution is -2.32. The monoisotopic (exact) mass is 359 g/mol. The number of ether oxygens (including phenoxy) is 2. The zero-order valence-corrected chi connectivity index (χ0v) is 14.0. The first-order valence-corrected chi connectivity index (χ1v) is 7.71. The first kappa shape index (κ1) is 16.8. The number of hydrazone groups is 1. The molecule has 2 N–H and O–H groups in total. The van der Waals surface area contributed by atoms with Gasteiger partial charge in [-0.1, -0.05) is 17.7 Å². The maximum Gasteiger partial charge on any atom is 0.329 e. The lowest BCUT2D eigenvalue weighted by atomic mass is 10.2. The fourth-order valence-corrected chi connectivity index (χ4v) is 2.29. The number of halogens is 1. The molecule has 2 aromatic carbocycles. The molecule has 3 rings (SSSR count). The average molecular weight is 360 g/mol. The Morgan fingerprint density at radius 1 is 1.12 bits per heavy atom. The number of fused-ring (bicyclic) bond motifs is 1. The highest BCUT2D eigenvalue weighted by Crippen LogP contribution is 2.31. The summed E-state index contributed by atoms with van der Waals surface area (Å²) in [6.07, 6.45) is 1.40. The molecule has 0 aromatic heterocycles. The third-order valence-corrected chi connectivity index (χ3v) is 3.67. The average Bonchev–Trinajstić information content (AvgIpc) is 3.05. The Hall–Kier alpha value is -3.06. The standard InChI is InChI=1S/C17H14ClN3O4/c1-10-2-4-12(18)7-13(10)20-16(22)17(23)21-19-8-11-3-5-14-15(6-11)25-9-24-14/h2-8H,9H2,1H3,(H,20,22)(H,21,23)/b19-8-. The maximum atomic E-state index is 11.9. The second-order valence-corrected chi connectivity index (χ2v) is 5.66. The Kier molecular flexibility index (Phi) is 4.85. The van der Waals surface area contributed by atoms with Crippen LogP contribution in [0.2, 0.25) is 5.02 Å². The third kappa shape index (κ3) is 4.07. The second kappa shape index (κ2) is 7.23. The van der Waals surface area contributed by atoms with Crippen LogP contribution in [0.3, 0.4) is 0 Å². The van der Waals surface area contributed by atoms with Crippen LogP contribution in [0.25, 0.3) is 0 Å². The number of nitrogens with one attached hydrogen (secondary N) is 2. The summed E-state index contributed by atoms with van der Waals surface area (Å²) in [5, 5.41) is 6.71. The molecule has 1 aliphatic heterocycles. The Morgan fingerprint density at radius 2 is 1.92 bits per heavy atom. The number of rotatable bonds is 3. The van der Waals surface area contributed by atoms with Gasteiger partial charge in [0.2, 0.25) is 6.79 Å². The highest BCUT2D eigenvalue weighted by Gasteiger charge is 2.15. The van der Waals surface area contributed by atoms with Crippen LogP contribution in [-0.4, -0.2) is 24.8 Å². The minimum Gasteiger partial charge on any atom is -0.454 e. The molecule has 0 spiro atoms. The SMILES string of the molecule is Cc1ccc(Cl)cc1NC(=O)C(=O)N/N=C\c1ccc2c(c1)OCO2. The minimum atomic E-state index is -0.892. The second-order valence-electron chi connectivity index (χ2n) is 5.23. The van der Waals surface area contributed by atoms with Crippen LogP contribution in [0.15, 0.2) is 41.5 Å². The number of benzene rings is 2. The van der Waals surface area contributed by atoms with E-state index in [9.17, 15) is 9.59 Å². The van der Waals surface area contributed by atoms with E-state index in [2.05, 4.69) is 15.8 Å². The van der Waals surface area contributed by atoms with Crippen molar-refractivity contribution in [2.75, 3.05) is 12.1 Å². The number of carbonyl (C=O) groups excluding carboxylic acids is 2. The normalized spacial score (nSPS) is 12.2. The van der Waals surface area contributed by atoms with E-state index in [1.165, 1.54) is 6.21 Å². The van der Waals surface area contributed by atoms with Gasteiger partial charge in [-0.15, -0.1) is 0 Å². The summed E-state index contributed by atoms with van der Waals surface area (Å²) in [4.78, 5) is 23.7. The van der Waals surface area contributed by atoms with Crippen LogP contribution < -0.4 is 20.2 Å². The number of amides is 2. The fraction of sp³-hybridized carbons (Fsp3) is 0.118. The highest BCUT2D eigenvalue weighted by atomic mass is 35.5. The molecule has 8 heteroatoms. The van der Waals surface area contributed by atoms with Gasteiger partial charge in [-0.2, -0.15) is 5.10 Å². The fourth-order valence-electron chi connectivity index (χ4n) is 2.12. The van der Waals surface area contributed by atoms with E-state index in [-0.39, 0.29) is 6.79 Å². The van der Waals surface area contributed by atoms with E-state index in [4.69, 9.17) is 21.1 Å². The van der Waals surface area contributed by atoms with E-state index in [0.29, 0.717) is 27.8 Å². The van der Waals surface area contributed by atoms with Crippen LogP contribution in [0.4, 0.5) is 5.69 Å². The summed E-state index contributed by atoms with van der Waals surface area (Å²) >= 11 is 5.88. The van der Waals surface area contributed by atoms with Crippen molar-refractivity contribution in [2.24, 2.45) is 5.10 Å². The number of aryl methyl sites for hydroxylation is 1. The van der Waals surface area contributed by atoms with E-state index in [0.717, 1.165) is 5.56 Å². The zero-order valence-electron chi connectivity index (χ0n) is 13.2. The lowest BCUT2D eigenvalue weighted by molar-refractivity contribution is -0.136. The van der Waals surface area contributed by atoms with Crippen LogP contribution in [-0.2, 0) is 9.59 Å². The van der Waals surface area contributed by atoms with Crippen LogP contribution in [0, 0.1) is 6.92 Å². The summed E-state index contributed by atoms with van der Waals surface area (Å²) in [5.74, 6) is -0.480. The van der Waals surface area contributed by atoms with E-state index >= 15 is 0 Å². The number of nitrogens with zero attached hydrogens (tertiary/aromatic N) is 1. The van der Waals surface area contributed by atoms with Crippen molar-refractivity contribution >= 4 is 35.3 Å². The van der Waals surface area contributed by atoms with E-state index in [1.54, 1.807) is 43.3 Å². The first-order valence-electron chi connectivity index (χ1n) is 7.33. The molecule has 1 heterocycles. The van der Waals surface area contributed by atoms with Gasteiger partial charge in [0.05, 0.1) is 6.21 Å². The van der Waals surface area contributed by atoms with Gasteiger partial charge in [-0.25, -0.2) is 5.43 Å². The highest BCUT2D eigenvalue weighted by molar-refractivity contribution is 6.40. The molecule has 0 saturated carbocycles. The summed E-state index contributed by atoms with van der Waals surface area (Å²) in [5.41, 5.74) is 4.11. The van der Waals surface area contributed by atoms with Gasteiger partial charge in [-0.3, -0.25) is 9.59 Å². The number of carbonyl (C=O) groups is 2. The summed E-state index contributed by atoms with van der Waals surface area (Å²) < 4.78 is 10.4. The van der Waals surface area contributed by atoms with Crippen molar-refractivity contribution < 1.29 is 19.1 Å². The topological polar surface area (TPSA) is 89.0 Å². The molecule has 7 nitrogen and oxygen atoms in total. The molecule has 0 unspecified atom stereocenters. The van der Waals surface area contributed by atoms with E-state index < -0.39 is 11.8 Å². The molecular weight excluding hydrogens is 346 g/mol. The van der Waals surface area contributed by atoms with Crippen molar-refractivity contribution in [2.45, 2.75) is 6.92 Å². The maximum absolute atomic E-state index is 11.9. The van der Waals surface area contributed by atoms with Crippen LogP contribution >= 0.6 is 11.6 Å². The van der Waals surface area contributed by atoms with Crippen molar-refractivity contribution in [1.82, 2.24) is 5.43 Å². The summed E-state index contributed by atoms with van der Waals surface area (Å²) in [6, 6.07) is 10.2. The molecule has 25 heavy (non-hydrogen) atoms. The Balaban J connectivity index is 1.58. The molecule has 128 valence electrons. The first-order chi connectivity index (χ1) is 12.0. The van der Waals surface area contributed by atoms with Gasteiger partial charge in [-0.05, 0) is 48.4 Å². The van der Waals surface area contributed by atoms with Crippen molar-refractivity contribution in [3.8, 4) is 11.5 Å². The molecule has 0 aliphatic carbocycles. The van der Waals surface area contributed by atoms with Crippen LogP contribution in [0.5, 0.6) is 11.5 Å². The Bertz CT molecular complexity index is 867. The lowest BCUT2D eigenvalue weighted by Gasteiger charge is -2.07. The van der Waals surface area contributed by atoms with Crippen LogP contribution in [0.1, 0.15) is 11.1 Å². The number of anilines is 1. The largest absolute Gasteiger partial charge is 0.454 e. The quantitative estimate of drug-likeness (QED) is 0.500. The molecule has 2 amide bonds. The molecule has 0 fully saturated rings. The summed E-state index contributed by atoms with van der Waals surface area (Å²) in [7, 11) is 0. The summed E-state index contributed by atoms with van der Waals surface area (Å²) in [6.45, 7) is 1.97. The third-order valence-electron chi connectivity index (χ3n) is 3.43. The molecule has 0 saturated heterocycles. The molecule has 0 radical (unpaired) electrons. The smallest absolute Gasteiger partial charge is 0.329 e. The number of hydrogen-bond acceptors (Lipinski definition) is 5. The predicted molar refractivity (Wildman–Crippen MR) is 93.1 cm³/mol. The molecular formula is C17H14ClN3O4. The Morgan fingerprint density at radius 3 is 2.76 bits per heavy atom. The molecule has 2 aromatic rings. The predicted octanol–water partition coefficient (Wildman–Crippen LogP) is 2.47. The number of hydrogen-bond donors (Lipinski definition) is 2. The minimum absolute atomic E-state index is 0.176. The van der Waals surface area contributed by atoms with Gasteiger partial charge in [0.15, 0.2) is 11.5 Å². The Labute approximate surface area is 148 Å². The van der Waals surface area contributed by atoms with Gasteiger partial charge >= 0.3 is 11.8 Å². The van der Waals surface area contributed by atoms with Crippen molar-refractivity contribution in [1.29, 1.82) is 0 Å². The van der Waals surface area contributed by atoms with Crippen molar-refractivity contribution in [3.05, 3.63) is 52.5 Å². The van der Waals surface area contributed by atoms with E-state index in [1.807, 2.05) is 0 Å². The zero-order chi connectivity index (χ0) is 17.8. The van der Waals surface area contributed by atoms with Crippen molar-refractivity contribution in [3.63, 3.8) is 0 Å². The molecule has 1 aliphatic rings. The molecule has 0 atom stereocenters. The van der Waals surface area contributed by atoms with Gasteiger partial charge < -0.3 is 14.8 Å².